The maximum Gasteiger partial charge on any atom is 0.199 e. The van der Waals surface area contributed by atoms with Crippen LogP contribution < -0.4 is 0 Å². The zero-order valence-electron chi connectivity index (χ0n) is 7.21. The van der Waals surface area contributed by atoms with Crippen molar-refractivity contribution in [2.75, 3.05) is 0 Å². The van der Waals surface area contributed by atoms with E-state index in [1.807, 2.05) is 0 Å². The Morgan fingerprint density at radius 3 is 2.50 bits per heavy atom. The fourth-order valence-corrected chi connectivity index (χ4v) is 1.14. The third-order valence-electron chi connectivity index (χ3n) is 1.91. The van der Waals surface area contributed by atoms with Gasteiger partial charge in [0.25, 0.3) is 0 Å². The Hall–Kier alpha value is -1.81. The Morgan fingerprint density at radius 1 is 1.21 bits per heavy atom. The highest BCUT2D eigenvalue weighted by molar-refractivity contribution is 5.99. The van der Waals surface area contributed by atoms with Crippen molar-refractivity contribution in [2.45, 2.75) is 6.10 Å². The van der Waals surface area contributed by atoms with Crippen LogP contribution in [0.4, 0.5) is 0 Å². The standard InChI is InChI=1S/C10H8O4/c11-9(7-1-3-13-5-7)10(12)8-2-4-14-6-8/h1-6,9,11H. The molecular formula is C10H8O4. The fourth-order valence-electron chi connectivity index (χ4n) is 1.14. The van der Waals surface area contributed by atoms with Crippen LogP contribution in [0.5, 0.6) is 0 Å². The van der Waals surface area contributed by atoms with Crippen molar-refractivity contribution >= 4 is 5.78 Å². The molecule has 0 bridgehead atoms. The quantitative estimate of drug-likeness (QED) is 0.753. The molecule has 2 aromatic heterocycles. The normalized spacial score (nSPS) is 12.6. The molecule has 0 aromatic carbocycles. The lowest BCUT2D eigenvalue weighted by molar-refractivity contribution is 0.0745. The summed E-state index contributed by atoms with van der Waals surface area (Å²) >= 11 is 0. The van der Waals surface area contributed by atoms with Gasteiger partial charge in [-0.2, -0.15) is 0 Å². The summed E-state index contributed by atoms with van der Waals surface area (Å²) in [6.07, 6.45) is 4.23. The van der Waals surface area contributed by atoms with E-state index < -0.39 is 11.9 Å². The van der Waals surface area contributed by atoms with E-state index >= 15 is 0 Å². The Bertz CT molecular complexity index is 399. The molecule has 14 heavy (non-hydrogen) atoms. The molecule has 0 aliphatic carbocycles. The minimum absolute atomic E-state index is 0.346. The first-order valence-electron chi connectivity index (χ1n) is 4.05. The summed E-state index contributed by atoms with van der Waals surface area (Å²) in [5.41, 5.74) is 0.787. The predicted molar refractivity (Wildman–Crippen MR) is 46.7 cm³/mol. The van der Waals surface area contributed by atoms with Crippen LogP contribution in [-0.2, 0) is 0 Å². The third-order valence-corrected chi connectivity index (χ3v) is 1.91. The fraction of sp³-hybridized carbons (Fsp3) is 0.100. The van der Waals surface area contributed by atoms with Crippen LogP contribution in [0, 0.1) is 0 Å². The molecule has 4 nitrogen and oxygen atoms in total. The molecule has 1 N–H and O–H groups in total. The van der Waals surface area contributed by atoms with Gasteiger partial charge in [-0.1, -0.05) is 0 Å². The number of furan rings is 2. The maximum absolute atomic E-state index is 11.6. The average molecular weight is 192 g/mol. The number of carbonyl (C=O) groups excluding carboxylic acids is 1. The largest absolute Gasteiger partial charge is 0.472 e. The van der Waals surface area contributed by atoms with Crippen molar-refractivity contribution < 1.29 is 18.7 Å². The van der Waals surface area contributed by atoms with Crippen LogP contribution in [0.2, 0.25) is 0 Å². The molecule has 2 aromatic rings. The predicted octanol–water partition coefficient (Wildman–Crippen LogP) is 1.79. The number of carbonyl (C=O) groups is 1. The molecule has 0 amide bonds. The van der Waals surface area contributed by atoms with Crippen molar-refractivity contribution in [2.24, 2.45) is 0 Å². The summed E-state index contributed by atoms with van der Waals surface area (Å²) in [4.78, 5) is 11.6. The average Bonchev–Trinajstić information content (AvgIpc) is 2.87. The van der Waals surface area contributed by atoms with Gasteiger partial charge in [-0.25, -0.2) is 0 Å². The van der Waals surface area contributed by atoms with E-state index in [1.54, 1.807) is 6.07 Å². The number of aliphatic hydroxyl groups is 1. The van der Waals surface area contributed by atoms with Crippen LogP contribution >= 0.6 is 0 Å². The molecule has 0 aliphatic heterocycles. The molecule has 0 radical (unpaired) electrons. The second-order valence-corrected chi connectivity index (χ2v) is 2.84. The number of aliphatic hydroxyl groups excluding tert-OH is 1. The smallest absolute Gasteiger partial charge is 0.199 e. The van der Waals surface area contributed by atoms with E-state index in [-0.39, 0.29) is 0 Å². The lowest BCUT2D eigenvalue weighted by atomic mass is 10.1. The van der Waals surface area contributed by atoms with Gasteiger partial charge in [-0.15, -0.1) is 0 Å². The van der Waals surface area contributed by atoms with E-state index in [9.17, 15) is 9.90 Å². The lowest BCUT2D eigenvalue weighted by Crippen LogP contribution is -2.10. The molecule has 4 heteroatoms. The van der Waals surface area contributed by atoms with E-state index in [4.69, 9.17) is 8.83 Å². The van der Waals surface area contributed by atoms with Crippen LogP contribution in [-0.4, -0.2) is 10.9 Å². The molecule has 0 saturated heterocycles. The second kappa shape index (κ2) is 3.51. The van der Waals surface area contributed by atoms with Crippen molar-refractivity contribution in [3.8, 4) is 0 Å². The summed E-state index contributed by atoms with van der Waals surface area (Å²) in [6.45, 7) is 0. The van der Waals surface area contributed by atoms with Crippen molar-refractivity contribution in [3.63, 3.8) is 0 Å². The number of Topliss-reactive ketones (excluding diaryl/α,β-unsaturated/α-hetero) is 1. The Balaban J connectivity index is 2.21. The minimum atomic E-state index is -1.19. The minimum Gasteiger partial charge on any atom is -0.472 e. The van der Waals surface area contributed by atoms with Gasteiger partial charge >= 0.3 is 0 Å². The second-order valence-electron chi connectivity index (χ2n) is 2.84. The van der Waals surface area contributed by atoms with Gasteiger partial charge in [0.05, 0.1) is 24.4 Å². The molecule has 2 heterocycles. The molecule has 1 unspecified atom stereocenters. The lowest BCUT2D eigenvalue weighted by Gasteiger charge is -2.03. The number of hydrogen-bond donors (Lipinski definition) is 1. The Morgan fingerprint density at radius 2 is 1.93 bits per heavy atom. The molecule has 0 spiro atoms. The Kier molecular flexibility index (Phi) is 2.20. The van der Waals surface area contributed by atoms with Crippen molar-refractivity contribution in [1.82, 2.24) is 0 Å². The van der Waals surface area contributed by atoms with Crippen LogP contribution in [0.3, 0.4) is 0 Å². The SMILES string of the molecule is O=C(c1ccoc1)C(O)c1ccoc1. The monoisotopic (exact) mass is 192 g/mol. The number of rotatable bonds is 3. The molecule has 1 atom stereocenters. The van der Waals surface area contributed by atoms with E-state index in [0.717, 1.165) is 0 Å². The highest BCUT2D eigenvalue weighted by Gasteiger charge is 2.20. The highest BCUT2D eigenvalue weighted by Crippen LogP contribution is 2.18. The molecule has 0 fully saturated rings. The van der Waals surface area contributed by atoms with E-state index in [2.05, 4.69) is 0 Å². The third kappa shape index (κ3) is 1.47. The first-order valence-corrected chi connectivity index (χ1v) is 4.05. The van der Waals surface area contributed by atoms with Gasteiger partial charge in [-0.05, 0) is 12.1 Å². The summed E-state index contributed by atoms with van der Waals surface area (Å²) in [7, 11) is 0. The summed E-state index contributed by atoms with van der Waals surface area (Å²) < 4.78 is 9.52. The molecule has 2 rings (SSSR count). The van der Waals surface area contributed by atoms with Crippen molar-refractivity contribution in [1.29, 1.82) is 0 Å². The topological polar surface area (TPSA) is 63.6 Å². The van der Waals surface area contributed by atoms with Gasteiger partial charge in [-0.3, -0.25) is 4.79 Å². The highest BCUT2D eigenvalue weighted by atomic mass is 16.3. The summed E-state index contributed by atoms with van der Waals surface area (Å²) in [6, 6.07) is 3.05. The molecule has 0 aliphatic rings. The number of hydrogen-bond acceptors (Lipinski definition) is 4. The Labute approximate surface area is 79.8 Å². The van der Waals surface area contributed by atoms with Crippen LogP contribution in [0.15, 0.2) is 46.0 Å². The molecule has 0 saturated carbocycles. The van der Waals surface area contributed by atoms with Gasteiger partial charge in [0, 0.05) is 5.56 Å². The van der Waals surface area contributed by atoms with Gasteiger partial charge in [0.1, 0.15) is 12.4 Å². The van der Waals surface area contributed by atoms with Crippen LogP contribution in [0.1, 0.15) is 22.0 Å². The maximum atomic E-state index is 11.6. The van der Waals surface area contributed by atoms with Gasteiger partial charge in [0.15, 0.2) is 5.78 Å². The van der Waals surface area contributed by atoms with Gasteiger partial charge in [0.2, 0.25) is 0 Å². The summed E-state index contributed by atoms with van der Waals surface area (Å²) in [5.74, 6) is -0.403. The zero-order chi connectivity index (χ0) is 9.97. The summed E-state index contributed by atoms with van der Waals surface area (Å²) in [5, 5.41) is 9.60. The van der Waals surface area contributed by atoms with Crippen LogP contribution in [0.25, 0.3) is 0 Å². The first-order chi connectivity index (χ1) is 6.79. The molecular weight excluding hydrogens is 184 g/mol. The number of ketones is 1. The van der Waals surface area contributed by atoms with E-state index in [1.165, 1.54) is 31.1 Å². The van der Waals surface area contributed by atoms with Gasteiger partial charge < -0.3 is 13.9 Å². The molecule has 72 valence electrons. The van der Waals surface area contributed by atoms with E-state index in [0.29, 0.717) is 11.1 Å². The first kappa shape index (κ1) is 8.77. The zero-order valence-corrected chi connectivity index (χ0v) is 7.21. The van der Waals surface area contributed by atoms with Crippen molar-refractivity contribution in [3.05, 3.63) is 48.3 Å².